The largest absolute Gasteiger partial charge is 0.158 e. The minimum Gasteiger partial charge on any atom is -0.158 e. The van der Waals surface area contributed by atoms with Gasteiger partial charge in [-0.2, -0.15) is 7.77 Å². The van der Waals surface area contributed by atoms with Crippen LogP contribution in [0.1, 0.15) is 6.42 Å². The van der Waals surface area contributed by atoms with Crippen LogP contribution >= 0.6 is 10.8 Å². The second-order valence-electron chi connectivity index (χ2n) is 1.46. The van der Waals surface area contributed by atoms with Crippen molar-refractivity contribution >= 4 is 10.8 Å². The van der Waals surface area contributed by atoms with Crippen molar-refractivity contribution in [1.82, 2.24) is 0 Å². The highest BCUT2D eigenvalue weighted by Gasteiger charge is 2.30. The molecule has 1 aliphatic heterocycles. The zero-order valence-electron chi connectivity index (χ0n) is 3.29. The molecule has 0 bridgehead atoms. The average Bonchev–Trinajstić information content (AvgIpc) is 1.32. The van der Waals surface area contributed by atoms with E-state index in [0.717, 1.165) is 6.42 Å². The first-order valence-corrected chi connectivity index (χ1v) is 3.66. The lowest BCUT2D eigenvalue weighted by atomic mass is 10.5. The summed E-state index contributed by atoms with van der Waals surface area (Å²) in [5, 5.41) is 0. The van der Waals surface area contributed by atoms with E-state index in [4.69, 9.17) is 0 Å². The standard InChI is InChI=1S/C3H6F2S/c4-6(5)2-1-3-6/h1-3H2. The fourth-order valence-electron chi connectivity index (χ4n) is 0.363. The molecular weight excluding hydrogens is 106 g/mol. The van der Waals surface area contributed by atoms with Crippen molar-refractivity contribution in [2.24, 2.45) is 0 Å². The molecule has 0 saturated carbocycles. The van der Waals surface area contributed by atoms with E-state index < -0.39 is 10.8 Å². The van der Waals surface area contributed by atoms with Gasteiger partial charge in [0.05, 0.1) is 10.8 Å². The molecule has 0 aromatic heterocycles. The summed E-state index contributed by atoms with van der Waals surface area (Å²) in [5.74, 6) is 0.403. The number of hydrogen-bond donors (Lipinski definition) is 0. The van der Waals surface area contributed by atoms with E-state index in [2.05, 4.69) is 0 Å². The maximum absolute atomic E-state index is 11.6. The van der Waals surface area contributed by atoms with E-state index in [1.165, 1.54) is 0 Å². The van der Waals surface area contributed by atoms with Gasteiger partial charge in [0, 0.05) is 11.5 Å². The first-order chi connectivity index (χ1) is 2.71. The van der Waals surface area contributed by atoms with Crippen LogP contribution < -0.4 is 0 Å². The van der Waals surface area contributed by atoms with Crippen LogP contribution in [0.2, 0.25) is 0 Å². The molecule has 0 aromatic rings. The third-order valence-electron chi connectivity index (χ3n) is 0.886. The predicted octanol–water partition coefficient (Wildman–Crippen LogP) is 1.96. The molecule has 38 valence electrons. The fourth-order valence-corrected chi connectivity index (χ4v) is 1.09. The van der Waals surface area contributed by atoms with Gasteiger partial charge in [0.1, 0.15) is 0 Å². The van der Waals surface area contributed by atoms with Gasteiger partial charge in [-0.3, -0.25) is 0 Å². The maximum atomic E-state index is 11.6. The molecule has 0 aromatic carbocycles. The van der Waals surface area contributed by atoms with Crippen LogP contribution in [0.15, 0.2) is 0 Å². The molecule has 6 heavy (non-hydrogen) atoms. The Labute approximate surface area is 37.4 Å². The fraction of sp³-hybridized carbons (Fsp3) is 1.00. The molecule has 0 N–H and O–H groups in total. The van der Waals surface area contributed by atoms with Crippen molar-refractivity contribution in [3.05, 3.63) is 0 Å². The normalized spacial score (nSPS) is 34.3. The van der Waals surface area contributed by atoms with Crippen molar-refractivity contribution in [3.8, 4) is 0 Å². The highest BCUT2D eigenvalue weighted by atomic mass is 32.3. The lowest BCUT2D eigenvalue weighted by Crippen LogP contribution is -2.11. The topological polar surface area (TPSA) is 0 Å². The highest BCUT2D eigenvalue weighted by molar-refractivity contribution is 8.26. The molecule has 1 heterocycles. The molecule has 1 saturated heterocycles. The van der Waals surface area contributed by atoms with E-state index in [0.29, 0.717) is 0 Å². The molecule has 0 unspecified atom stereocenters. The van der Waals surface area contributed by atoms with E-state index in [1.807, 2.05) is 0 Å². The second-order valence-corrected chi connectivity index (χ2v) is 3.67. The summed E-state index contributed by atoms with van der Waals surface area (Å²) >= 11 is 0. The van der Waals surface area contributed by atoms with Crippen molar-refractivity contribution in [2.45, 2.75) is 6.42 Å². The summed E-state index contributed by atoms with van der Waals surface area (Å²) in [6.45, 7) is 0. The van der Waals surface area contributed by atoms with Crippen molar-refractivity contribution in [1.29, 1.82) is 0 Å². The lowest BCUT2D eigenvalue weighted by molar-refractivity contribution is 0.694. The Morgan fingerprint density at radius 1 is 1.17 bits per heavy atom. The Kier molecular flexibility index (Phi) is 0.793. The summed E-state index contributed by atoms with van der Waals surface area (Å²) in [6, 6.07) is 0. The number of hydrogen-bond acceptors (Lipinski definition) is 0. The summed E-state index contributed by atoms with van der Waals surface area (Å²) in [4.78, 5) is 0. The first-order valence-electron chi connectivity index (χ1n) is 1.89. The monoisotopic (exact) mass is 112 g/mol. The minimum absolute atomic E-state index is 0.201. The average molecular weight is 112 g/mol. The quantitative estimate of drug-likeness (QED) is 0.449. The summed E-state index contributed by atoms with van der Waals surface area (Å²) in [6.07, 6.45) is 0.752. The Bertz CT molecular complexity index is 55.8. The lowest BCUT2D eigenvalue weighted by Gasteiger charge is -2.28. The third kappa shape index (κ3) is 0.644. The zero-order chi connectivity index (χ0) is 4.62. The Hall–Kier alpha value is 0.210. The van der Waals surface area contributed by atoms with Gasteiger partial charge in [-0.1, -0.05) is 0 Å². The van der Waals surface area contributed by atoms with Gasteiger partial charge in [0.15, 0.2) is 0 Å². The first kappa shape index (κ1) is 4.37. The molecule has 0 atom stereocenters. The van der Waals surface area contributed by atoms with Crippen LogP contribution in [0.3, 0.4) is 0 Å². The van der Waals surface area contributed by atoms with E-state index >= 15 is 0 Å². The van der Waals surface area contributed by atoms with E-state index in [1.54, 1.807) is 0 Å². The van der Waals surface area contributed by atoms with Gasteiger partial charge >= 0.3 is 0 Å². The molecule has 0 amide bonds. The van der Waals surface area contributed by atoms with Crippen LogP contribution in [0.5, 0.6) is 0 Å². The highest BCUT2D eigenvalue weighted by Crippen LogP contribution is 2.59. The minimum atomic E-state index is -2.98. The van der Waals surface area contributed by atoms with Crippen LogP contribution in [0.25, 0.3) is 0 Å². The second kappa shape index (κ2) is 1.09. The number of halogens is 2. The zero-order valence-corrected chi connectivity index (χ0v) is 4.10. The molecule has 0 radical (unpaired) electrons. The number of rotatable bonds is 0. The van der Waals surface area contributed by atoms with E-state index in [9.17, 15) is 7.77 Å². The van der Waals surface area contributed by atoms with Crippen LogP contribution in [0, 0.1) is 0 Å². The molecule has 0 spiro atoms. The van der Waals surface area contributed by atoms with Gasteiger partial charge in [-0.15, -0.1) is 0 Å². The molecule has 3 heteroatoms. The Morgan fingerprint density at radius 2 is 1.50 bits per heavy atom. The molecular formula is C3H6F2S. The molecule has 1 fully saturated rings. The Morgan fingerprint density at radius 3 is 1.50 bits per heavy atom. The maximum Gasteiger partial charge on any atom is 0.0574 e. The van der Waals surface area contributed by atoms with Crippen molar-refractivity contribution in [2.75, 3.05) is 11.5 Å². The van der Waals surface area contributed by atoms with Gasteiger partial charge in [-0.05, 0) is 6.42 Å². The molecule has 1 rings (SSSR count). The molecule has 0 nitrogen and oxygen atoms in total. The van der Waals surface area contributed by atoms with Crippen LogP contribution in [-0.4, -0.2) is 11.5 Å². The van der Waals surface area contributed by atoms with Crippen molar-refractivity contribution in [3.63, 3.8) is 0 Å². The van der Waals surface area contributed by atoms with E-state index in [-0.39, 0.29) is 11.5 Å². The smallest absolute Gasteiger partial charge is 0.0574 e. The predicted molar refractivity (Wildman–Crippen MR) is 24.2 cm³/mol. The van der Waals surface area contributed by atoms with Crippen LogP contribution in [-0.2, 0) is 0 Å². The van der Waals surface area contributed by atoms with Gasteiger partial charge in [-0.25, -0.2) is 0 Å². The molecule has 0 aliphatic carbocycles. The Balaban J connectivity index is 2.31. The van der Waals surface area contributed by atoms with Crippen molar-refractivity contribution < 1.29 is 7.77 Å². The van der Waals surface area contributed by atoms with Crippen LogP contribution in [0.4, 0.5) is 7.77 Å². The van der Waals surface area contributed by atoms with Gasteiger partial charge < -0.3 is 0 Å². The molecule has 1 aliphatic rings. The van der Waals surface area contributed by atoms with Gasteiger partial charge in [0.2, 0.25) is 0 Å². The van der Waals surface area contributed by atoms with Gasteiger partial charge in [0.25, 0.3) is 0 Å². The summed E-state index contributed by atoms with van der Waals surface area (Å²) < 4.78 is 23.2. The summed E-state index contributed by atoms with van der Waals surface area (Å²) in [7, 11) is -2.98. The summed E-state index contributed by atoms with van der Waals surface area (Å²) in [5.41, 5.74) is 0. The third-order valence-corrected chi connectivity index (χ3v) is 2.66. The SMILES string of the molecule is FS1(F)CCC1.